The van der Waals surface area contributed by atoms with E-state index in [1.165, 1.54) is 54.5 Å². The van der Waals surface area contributed by atoms with Gasteiger partial charge in [-0.3, -0.25) is 0 Å². The first kappa shape index (κ1) is 33.2. The molecular weight excluding hydrogens is 602 g/mol. The maximum absolute atomic E-state index is 12.6. The first-order valence-corrected chi connectivity index (χ1v) is 19.4. The lowest BCUT2D eigenvalue weighted by molar-refractivity contribution is -0.205. The Hall–Kier alpha value is -1.92. The van der Waals surface area contributed by atoms with Crippen LogP contribution in [-0.4, -0.2) is 66.0 Å². The molecule has 1 aromatic carbocycles. The van der Waals surface area contributed by atoms with E-state index in [0.29, 0.717) is 43.9 Å². The second kappa shape index (κ2) is 13.3. The van der Waals surface area contributed by atoms with Crippen LogP contribution >= 0.6 is 0 Å². The van der Waals surface area contributed by atoms with Crippen molar-refractivity contribution in [1.29, 1.82) is 0 Å². The summed E-state index contributed by atoms with van der Waals surface area (Å²) in [5, 5.41) is 28.9. The number of ether oxygens (including phenoxy) is 4. The van der Waals surface area contributed by atoms with E-state index >= 15 is 0 Å². The largest absolute Gasteiger partial charge is 0.385 e. The first-order chi connectivity index (χ1) is 23.3. The number of hydrogen-bond acceptors (Lipinski definition) is 7. The van der Waals surface area contributed by atoms with Gasteiger partial charge in [-0.15, -0.1) is 0 Å². The zero-order valence-electron chi connectivity index (χ0n) is 29.1. The lowest BCUT2D eigenvalue weighted by Gasteiger charge is -2.53. The van der Waals surface area contributed by atoms with Gasteiger partial charge in [0.1, 0.15) is 12.2 Å². The van der Waals surface area contributed by atoms with Crippen molar-refractivity contribution in [2.45, 2.75) is 151 Å². The Morgan fingerprint density at radius 3 is 2.44 bits per heavy atom. The summed E-state index contributed by atoms with van der Waals surface area (Å²) in [5.74, 6) is 6.70. The minimum absolute atomic E-state index is 0.109. The molecule has 0 aromatic heterocycles. The van der Waals surface area contributed by atoms with E-state index in [1.807, 2.05) is 0 Å². The highest BCUT2D eigenvalue weighted by Gasteiger charge is 2.63. The summed E-state index contributed by atoms with van der Waals surface area (Å²) in [6, 6.07) is 9.73. The summed E-state index contributed by atoms with van der Waals surface area (Å²) in [7, 11) is 0. The van der Waals surface area contributed by atoms with Crippen LogP contribution in [0.2, 0.25) is 0 Å². The van der Waals surface area contributed by atoms with E-state index in [1.54, 1.807) is 0 Å². The van der Waals surface area contributed by atoms with Crippen molar-refractivity contribution in [2.24, 2.45) is 17.3 Å². The maximum Gasteiger partial charge on any atom is 0.171 e. The zero-order chi connectivity index (χ0) is 32.8. The quantitative estimate of drug-likeness (QED) is 0.225. The maximum atomic E-state index is 12.6. The standard InChI is InChI=1S/C41H57NO6/c1-38-27-33(29-13-15-31(16-14-29)42-30-9-3-2-4-10-30)37-32(11-7-19-39(43)28-41(22-18-35(37)39)47-25-26-48-41)34(38)17-21-40(38,44)20-8-24-46-36-12-5-6-23-45-36/h13-16,30,32-34,36,42-44H,2-7,9-12,17-19,21-28H2,1H3/t32?,33?,34?,36?,38?,39-,40?/m1/s1. The molecule has 7 aliphatic rings. The number of rotatable bonds is 5. The normalized spacial score (nSPS) is 39.6. The molecule has 2 aliphatic heterocycles. The molecule has 7 heteroatoms. The van der Waals surface area contributed by atoms with Gasteiger partial charge in [0.25, 0.3) is 0 Å². The molecule has 4 saturated carbocycles. The SMILES string of the molecule is CC12CC(c3ccc(NC4CCCCC4)cc3)C3=C4CCC5(C[C@]4(O)CCCC3C1CCC2(O)C#CCOC1CCCCO1)OCCO5. The van der Waals surface area contributed by atoms with Gasteiger partial charge in [0.2, 0.25) is 0 Å². The monoisotopic (exact) mass is 659 g/mol. The number of benzene rings is 1. The molecule has 7 atom stereocenters. The summed E-state index contributed by atoms with van der Waals surface area (Å²) >= 11 is 0. The zero-order valence-corrected chi connectivity index (χ0v) is 29.1. The lowest BCUT2D eigenvalue weighted by Crippen LogP contribution is -2.52. The summed E-state index contributed by atoms with van der Waals surface area (Å²) in [6.07, 6.45) is 16.6. The molecule has 0 radical (unpaired) electrons. The van der Waals surface area contributed by atoms with Crippen molar-refractivity contribution in [3.63, 3.8) is 0 Å². The first-order valence-electron chi connectivity index (χ1n) is 19.4. The van der Waals surface area contributed by atoms with Crippen molar-refractivity contribution in [2.75, 3.05) is 31.7 Å². The molecule has 2 heterocycles. The Morgan fingerprint density at radius 1 is 0.875 bits per heavy atom. The predicted octanol–water partition coefficient (Wildman–Crippen LogP) is 7.37. The van der Waals surface area contributed by atoms with E-state index < -0.39 is 17.0 Å². The van der Waals surface area contributed by atoms with Crippen LogP contribution in [0.3, 0.4) is 0 Å². The van der Waals surface area contributed by atoms with Crippen LogP contribution in [-0.2, 0) is 18.9 Å². The molecular formula is C41H57NO6. The van der Waals surface area contributed by atoms with Crippen molar-refractivity contribution in [3.05, 3.63) is 41.0 Å². The highest BCUT2D eigenvalue weighted by molar-refractivity contribution is 5.50. The molecule has 48 heavy (non-hydrogen) atoms. The number of hydrogen-bond donors (Lipinski definition) is 3. The number of anilines is 1. The Labute approximate surface area is 287 Å². The molecule has 0 bridgehead atoms. The van der Waals surface area contributed by atoms with Gasteiger partial charge in [0, 0.05) is 42.5 Å². The molecule has 1 aromatic rings. The third kappa shape index (κ3) is 6.07. The smallest absolute Gasteiger partial charge is 0.171 e. The average molecular weight is 660 g/mol. The second-order valence-corrected chi connectivity index (χ2v) is 16.4. The highest BCUT2D eigenvalue weighted by Crippen LogP contribution is 2.67. The second-order valence-electron chi connectivity index (χ2n) is 16.4. The molecule has 6 unspecified atom stereocenters. The van der Waals surface area contributed by atoms with Crippen molar-refractivity contribution < 1.29 is 29.2 Å². The molecule has 2 saturated heterocycles. The van der Waals surface area contributed by atoms with Crippen LogP contribution in [0.25, 0.3) is 0 Å². The summed E-state index contributed by atoms with van der Waals surface area (Å²) in [5.41, 5.74) is 2.79. The van der Waals surface area contributed by atoms with Gasteiger partial charge in [0.15, 0.2) is 12.1 Å². The molecule has 0 amide bonds. The fraction of sp³-hybridized carbons (Fsp3) is 0.756. The van der Waals surface area contributed by atoms with Gasteiger partial charge >= 0.3 is 0 Å². The molecule has 7 nitrogen and oxygen atoms in total. The Balaban J connectivity index is 1.13. The molecule has 3 N–H and O–H groups in total. The molecule has 1 spiro atoms. The van der Waals surface area contributed by atoms with Crippen molar-refractivity contribution in [3.8, 4) is 11.8 Å². The predicted molar refractivity (Wildman–Crippen MR) is 185 cm³/mol. The van der Waals surface area contributed by atoms with Crippen LogP contribution < -0.4 is 5.32 Å². The van der Waals surface area contributed by atoms with Crippen molar-refractivity contribution in [1.82, 2.24) is 0 Å². The van der Waals surface area contributed by atoms with Crippen LogP contribution in [0.1, 0.15) is 128 Å². The number of fused-ring (bicyclic) bond motifs is 4. The third-order valence-electron chi connectivity index (χ3n) is 13.7. The summed E-state index contributed by atoms with van der Waals surface area (Å²) in [4.78, 5) is 0. The minimum Gasteiger partial charge on any atom is -0.385 e. The Bertz CT molecular complexity index is 1400. The number of aliphatic hydroxyl groups is 2. The summed E-state index contributed by atoms with van der Waals surface area (Å²) in [6.45, 7) is 4.55. The van der Waals surface area contributed by atoms with Gasteiger partial charge in [0.05, 0.1) is 18.8 Å². The fourth-order valence-corrected chi connectivity index (χ4v) is 11.2. The van der Waals surface area contributed by atoms with E-state index in [4.69, 9.17) is 18.9 Å². The van der Waals surface area contributed by atoms with E-state index in [2.05, 4.69) is 48.3 Å². The number of allylic oxidation sites excluding steroid dienone is 1. The van der Waals surface area contributed by atoms with Gasteiger partial charge < -0.3 is 34.5 Å². The average Bonchev–Trinajstić information content (AvgIpc) is 3.60. The molecule has 8 rings (SSSR count). The lowest BCUT2D eigenvalue weighted by atomic mass is 9.52. The van der Waals surface area contributed by atoms with E-state index in [9.17, 15) is 10.2 Å². The fourth-order valence-electron chi connectivity index (χ4n) is 11.2. The third-order valence-corrected chi connectivity index (χ3v) is 13.7. The van der Waals surface area contributed by atoms with Crippen LogP contribution in [0.5, 0.6) is 0 Å². The number of nitrogens with one attached hydrogen (secondary N) is 1. The molecule has 262 valence electrons. The van der Waals surface area contributed by atoms with Gasteiger partial charge in [-0.2, -0.15) is 0 Å². The van der Waals surface area contributed by atoms with Gasteiger partial charge in [-0.25, -0.2) is 0 Å². The van der Waals surface area contributed by atoms with Crippen molar-refractivity contribution >= 4 is 5.69 Å². The van der Waals surface area contributed by atoms with Gasteiger partial charge in [-0.1, -0.05) is 55.7 Å². The molecule has 5 aliphatic carbocycles. The Kier molecular flexibility index (Phi) is 9.23. The van der Waals surface area contributed by atoms with E-state index in [-0.39, 0.29) is 24.2 Å². The van der Waals surface area contributed by atoms with Crippen LogP contribution in [0.4, 0.5) is 5.69 Å². The highest BCUT2D eigenvalue weighted by atomic mass is 16.7. The minimum atomic E-state index is -1.09. The topological polar surface area (TPSA) is 89.4 Å². The van der Waals surface area contributed by atoms with Gasteiger partial charge in [-0.05, 0) is 112 Å². The van der Waals surface area contributed by atoms with Crippen LogP contribution in [0, 0.1) is 29.1 Å². The molecule has 6 fully saturated rings. The van der Waals surface area contributed by atoms with E-state index in [0.717, 1.165) is 70.8 Å². The Morgan fingerprint density at radius 2 is 1.67 bits per heavy atom. The van der Waals surface area contributed by atoms with Crippen LogP contribution in [0.15, 0.2) is 35.4 Å². The summed E-state index contributed by atoms with van der Waals surface area (Å²) < 4.78 is 24.1.